The third-order valence-electron chi connectivity index (χ3n) is 5.72. The summed E-state index contributed by atoms with van der Waals surface area (Å²) in [4.78, 5) is 10.7. The molecule has 0 radical (unpaired) electrons. The van der Waals surface area contributed by atoms with Gasteiger partial charge in [0.1, 0.15) is 29.2 Å². The van der Waals surface area contributed by atoms with E-state index in [1.807, 2.05) is 0 Å². The van der Waals surface area contributed by atoms with Crippen molar-refractivity contribution in [3.05, 3.63) is 41.2 Å². The first-order chi connectivity index (χ1) is 14.5. The lowest BCUT2D eigenvalue weighted by Gasteiger charge is -2.41. The molecule has 2 atom stereocenters. The van der Waals surface area contributed by atoms with Gasteiger partial charge in [-0.25, -0.2) is 18.7 Å². The van der Waals surface area contributed by atoms with Gasteiger partial charge in [0.25, 0.3) is 0 Å². The van der Waals surface area contributed by atoms with Gasteiger partial charge in [0.2, 0.25) is 0 Å². The lowest BCUT2D eigenvalue weighted by atomic mass is 9.98. The fraction of sp³-hybridized carbons (Fsp3) is 0.333. The molecule has 0 unspecified atom stereocenters. The van der Waals surface area contributed by atoms with E-state index < -0.39 is 17.4 Å². The van der Waals surface area contributed by atoms with E-state index in [2.05, 4.69) is 27.1 Å². The van der Waals surface area contributed by atoms with Gasteiger partial charge in [-0.1, -0.05) is 17.7 Å². The smallest absolute Gasteiger partial charge is 0.159 e. The molecule has 0 spiro atoms. The first kappa shape index (κ1) is 19.3. The Bertz CT molecular complexity index is 1140. The largest absolute Gasteiger partial charge is 0.507 e. The fourth-order valence-electron chi connectivity index (χ4n) is 4.29. The van der Waals surface area contributed by atoms with E-state index in [-0.39, 0.29) is 39.5 Å². The number of phenolic OH excluding ortho intramolecular Hbond substituents is 1. The summed E-state index contributed by atoms with van der Waals surface area (Å²) >= 11 is 6.58. The molecular formula is C21H19ClF2N4O2. The summed E-state index contributed by atoms with van der Waals surface area (Å²) in [5, 5.41) is 13.9. The Kier molecular flexibility index (Phi) is 4.63. The molecule has 5 rings (SSSR count). The Morgan fingerprint density at radius 1 is 1.27 bits per heavy atom. The molecule has 2 aliphatic heterocycles. The zero-order valence-electron chi connectivity index (χ0n) is 16.1. The number of halogens is 3. The number of aromatic nitrogens is 2. The van der Waals surface area contributed by atoms with Crippen molar-refractivity contribution in [3.63, 3.8) is 0 Å². The van der Waals surface area contributed by atoms with Crippen molar-refractivity contribution >= 4 is 28.3 Å². The number of piperazine rings is 1. The van der Waals surface area contributed by atoms with Crippen molar-refractivity contribution < 1.29 is 18.6 Å². The predicted molar refractivity (Wildman–Crippen MR) is 110 cm³/mol. The van der Waals surface area contributed by atoms with Crippen LogP contribution in [0.5, 0.6) is 11.5 Å². The van der Waals surface area contributed by atoms with Gasteiger partial charge in [-0.2, -0.15) is 0 Å². The van der Waals surface area contributed by atoms with Gasteiger partial charge in [-0.15, -0.1) is 0 Å². The van der Waals surface area contributed by atoms with E-state index in [0.717, 1.165) is 12.6 Å². The quantitative estimate of drug-likeness (QED) is 0.608. The Balaban J connectivity index is 1.84. The molecule has 6 nitrogen and oxygen atoms in total. The average Bonchev–Trinajstić information content (AvgIpc) is 2.71. The number of anilines is 1. The van der Waals surface area contributed by atoms with E-state index in [1.54, 1.807) is 0 Å². The summed E-state index contributed by atoms with van der Waals surface area (Å²) in [5.41, 5.74) is -0.619. The van der Waals surface area contributed by atoms with Crippen LogP contribution in [-0.4, -0.2) is 46.9 Å². The molecule has 2 aromatic carbocycles. The average molecular weight is 433 g/mol. The van der Waals surface area contributed by atoms with Crippen LogP contribution in [0, 0.1) is 11.6 Å². The highest BCUT2D eigenvalue weighted by Gasteiger charge is 2.34. The van der Waals surface area contributed by atoms with Crippen LogP contribution in [-0.2, 0) is 0 Å². The minimum absolute atomic E-state index is 0.0242. The number of phenols is 1. The second-order valence-corrected chi connectivity index (χ2v) is 8.02. The Morgan fingerprint density at radius 2 is 2.10 bits per heavy atom. The van der Waals surface area contributed by atoms with Crippen molar-refractivity contribution in [3.8, 4) is 22.6 Å². The molecule has 1 fully saturated rings. The molecule has 0 bridgehead atoms. The van der Waals surface area contributed by atoms with Crippen LogP contribution in [0.3, 0.4) is 0 Å². The first-order valence-corrected chi connectivity index (χ1v) is 10.1. The minimum Gasteiger partial charge on any atom is -0.507 e. The molecule has 9 heteroatoms. The summed E-state index contributed by atoms with van der Waals surface area (Å²) in [6.45, 7) is 3.85. The number of rotatable bonds is 1. The van der Waals surface area contributed by atoms with Crippen LogP contribution in [0.1, 0.15) is 13.3 Å². The predicted octanol–water partition coefficient (Wildman–Crippen LogP) is 3.88. The lowest BCUT2D eigenvalue weighted by Crippen LogP contribution is -2.56. The summed E-state index contributed by atoms with van der Waals surface area (Å²) in [7, 11) is 0. The van der Waals surface area contributed by atoms with E-state index in [1.165, 1.54) is 18.5 Å². The molecule has 2 aliphatic rings. The number of nitrogens with zero attached hydrogens (tertiary/aromatic N) is 3. The molecule has 1 saturated heterocycles. The highest BCUT2D eigenvalue weighted by atomic mass is 35.5. The van der Waals surface area contributed by atoms with E-state index in [4.69, 9.17) is 16.3 Å². The van der Waals surface area contributed by atoms with Gasteiger partial charge < -0.3 is 20.1 Å². The van der Waals surface area contributed by atoms with Crippen molar-refractivity contribution in [1.29, 1.82) is 0 Å². The van der Waals surface area contributed by atoms with Gasteiger partial charge in [-0.3, -0.25) is 0 Å². The monoisotopic (exact) mass is 432 g/mol. The number of fused-ring (bicyclic) bond motifs is 2. The van der Waals surface area contributed by atoms with Gasteiger partial charge in [0.15, 0.2) is 11.6 Å². The van der Waals surface area contributed by atoms with Crippen LogP contribution < -0.4 is 15.0 Å². The van der Waals surface area contributed by atoms with E-state index in [0.29, 0.717) is 30.8 Å². The van der Waals surface area contributed by atoms with Crippen molar-refractivity contribution in [2.24, 2.45) is 0 Å². The topological polar surface area (TPSA) is 70.5 Å². The number of nitrogens with one attached hydrogen (secondary N) is 1. The van der Waals surface area contributed by atoms with Crippen LogP contribution in [0.2, 0.25) is 5.02 Å². The fourth-order valence-corrected chi connectivity index (χ4v) is 4.62. The van der Waals surface area contributed by atoms with Crippen molar-refractivity contribution in [2.75, 3.05) is 24.6 Å². The highest BCUT2D eigenvalue weighted by Crippen LogP contribution is 2.49. The molecule has 3 aromatic rings. The summed E-state index contributed by atoms with van der Waals surface area (Å²) in [5.74, 6) is -1.30. The summed E-state index contributed by atoms with van der Waals surface area (Å²) < 4.78 is 36.2. The number of hydrogen-bond acceptors (Lipinski definition) is 6. The standard InChI is InChI=1S/C21H19ClF2N4O2/c1-10-8-28-11(7-25-10)5-6-30-20-16-19(26-9-27-21(16)28)18(24)15(17(20)22)14-12(23)3-2-4-13(14)29/h2-4,9-11,25,29H,5-8H2,1H3/t10-,11+/m1/s1. The molecule has 30 heavy (non-hydrogen) atoms. The Labute approximate surface area is 176 Å². The normalized spacial score (nSPS) is 21.0. The third-order valence-corrected chi connectivity index (χ3v) is 6.09. The molecule has 0 amide bonds. The van der Waals surface area contributed by atoms with Crippen LogP contribution >= 0.6 is 11.6 Å². The van der Waals surface area contributed by atoms with Gasteiger partial charge >= 0.3 is 0 Å². The zero-order chi connectivity index (χ0) is 21.0. The Morgan fingerprint density at radius 3 is 2.90 bits per heavy atom. The van der Waals surface area contributed by atoms with Crippen molar-refractivity contribution in [1.82, 2.24) is 15.3 Å². The van der Waals surface area contributed by atoms with E-state index in [9.17, 15) is 9.50 Å². The SMILES string of the molecule is C[C@@H]1CN2c3ncnc4c(F)c(-c5c(O)cccc5F)c(Cl)c(c34)OCC[C@H]2CN1. The van der Waals surface area contributed by atoms with Gasteiger partial charge in [0.05, 0.1) is 22.6 Å². The molecule has 1 aromatic heterocycles. The van der Waals surface area contributed by atoms with Crippen LogP contribution in [0.4, 0.5) is 14.6 Å². The maximum atomic E-state index is 15.7. The number of hydrogen-bond donors (Lipinski definition) is 2. The highest BCUT2D eigenvalue weighted by molar-refractivity contribution is 6.36. The minimum atomic E-state index is -0.827. The van der Waals surface area contributed by atoms with Gasteiger partial charge in [-0.05, 0) is 19.1 Å². The zero-order valence-corrected chi connectivity index (χ0v) is 16.9. The van der Waals surface area contributed by atoms with Gasteiger partial charge in [0, 0.05) is 37.2 Å². The second kappa shape index (κ2) is 7.21. The first-order valence-electron chi connectivity index (χ1n) is 9.73. The molecule has 156 valence electrons. The number of benzene rings is 2. The second-order valence-electron chi connectivity index (χ2n) is 7.64. The molecule has 2 N–H and O–H groups in total. The summed E-state index contributed by atoms with van der Waals surface area (Å²) in [6.07, 6.45) is 1.99. The number of aromatic hydroxyl groups is 1. The third kappa shape index (κ3) is 2.86. The summed E-state index contributed by atoms with van der Waals surface area (Å²) in [6, 6.07) is 4.11. The maximum absolute atomic E-state index is 15.7. The molecule has 3 heterocycles. The lowest BCUT2D eigenvalue weighted by molar-refractivity contribution is 0.276. The maximum Gasteiger partial charge on any atom is 0.159 e. The van der Waals surface area contributed by atoms with Crippen LogP contribution in [0.15, 0.2) is 24.5 Å². The van der Waals surface area contributed by atoms with Crippen LogP contribution in [0.25, 0.3) is 22.0 Å². The Hall–Kier alpha value is -2.71. The number of ether oxygens (including phenoxy) is 1. The van der Waals surface area contributed by atoms with E-state index >= 15 is 4.39 Å². The van der Waals surface area contributed by atoms with Crippen molar-refractivity contribution in [2.45, 2.75) is 25.4 Å². The molecule has 0 aliphatic carbocycles. The molecule has 0 saturated carbocycles. The molecular weight excluding hydrogens is 414 g/mol.